The van der Waals surface area contributed by atoms with Crippen LogP contribution in [-0.2, 0) is 4.74 Å². The first-order chi connectivity index (χ1) is 10.1. The number of aliphatic hydroxyl groups is 2. The van der Waals surface area contributed by atoms with Gasteiger partial charge in [0.05, 0.1) is 18.8 Å². The molecule has 0 aliphatic carbocycles. The van der Waals surface area contributed by atoms with Crippen LogP contribution in [0.1, 0.15) is 27.1 Å². The second-order valence-electron chi connectivity index (χ2n) is 5.12. The molecule has 1 heterocycles. The highest BCUT2D eigenvalue weighted by Crippen LogP contribution is 2.19. The highest BCUT2D eigenvalue weighted by molar-refractivity contribution is 5.96. The van der Waals surface area contributed by atoms with Crippen LogP contribution < -0.4 is 0 Å². The van der Waals surface area contributed by atoms with Crippen LogP contribution in [0.4, 0.5) is 0 Å². The summed E-state index contributed by atoms with van der Waals surface area (Å²) in [5.74, 6) is -0.814. The van der Waals surface area contributed by atoms with Crippen LogP contribution in [-0.4, -0.2) is 59.9 Å². The van der Waals surface area contributed by atoms with Crippen molar-refractivity contribution in [1.29, 1.82) is 0 Å². The molecule has 0 unspecified atom stereocenters. The van der Waals surface area contributed by atoms with Crippen molar-refractivity contribution in [2.45, 2.75) is 12.5 Å². The fourth-order valence-corrected chi connectivity index (χ4v) is 2.43. The maximum Gasteiger partial charge on any atom is 0.337 e. The van der Waals surface area contributed by atoms with E-state index in [4.69, 9.17) is 5.11 Å². The van der Waals surface area contributed by atoms with E-state index < -0.39 is 12.1 Å². The maximum atomic E-state index is 12.3. The van der Waals surface area contributed by atoms with Crippen LogP contribution in [0, 0.1) is 5.92 Å². The Balaban J connectivity index is 2.05. The van der Waals surface area contributed by atoms with Crippen LogP contribution in [0.15, 0.2) is 24.3 Å². The van der Waals surface area contributed by atoms with Crippen molar-refractivity contribution >= 4 is 11.9 Å². The number of β-amino-alcohol motifs (C(OH)–C–C–N with tert-alkyl or cyclic N) is 1. The molecule has 21 heavy (non-hydrogen) atoms. The lowest BCUT2D eigenvalue weighted by atomic mass is 9.94. The van der Waals surface area contributed by atoms with E-state index in [-0.39, 0.29) is 25.0 Å². The third kappa shape index (κ3) is 3.40. The zero-order valence-corrected chi connectivity index (χ0v) is 11.9. The fourth-order valence-electron chi connectivity index (χ4n) is 2.43. The molecule has 2 rings (SSSR count). The minimum atomic E-state index is -0.706. The summed E-state index contributed by atoms with van der Waals surface area (Å²) in [6.45, 7) is 0.639. The molecule has 1 aromatic carbocycles. The fraction of sp³-hybridized carbons (Fsp3) is 0.467. The lowest BCUT2D eigenvalue weighted by Crippen LogP contribution is -2.47. The number of rotatable bonds is 3. The molecule has 6 heteroatoms. The molecule has 0 aromatic heterocycles. The molecule has 1 saturated heterocycles. The Morgan fingerprint density at radius 2 is 1.90 bits per heavy atom. The van der Waals surface area contributed by atoms with Gasteiger partial charge in [-0.05, 0) is 30.7 Å². The van der Waals surface area contributed by atoms with Gasteiger partial charge in [-0.1, -0.05) is 0 Å². The van der Waals surface area contributed by atoms with E-state index in [0.29, 0.717) is 24.1 Å². The Labute approximate surface area is 122 Å². The van der Waals surface area contributed by atoms with Gasteiger partial charge in [0.25, 0.3) is 5.91 Å². The molecule has 1 amide bonds. The molecule has 0 radical (unpaired) electrons. The molecule has 1 aliphatic heterocycles. The molecular formula is C15H19NO5. The van der Waals surface area contributed by atoms with Crippen LogP contribution in [0.2, 0.25) is 0 Å². The SMILES string of the molecule is COC(=O)c1ccc(C(=O)N2CC[C@H](CO)[C@H](O)C2)cc1. The van der Waals surface area contributed by atoms with E-state index in [9.17, 15) is 14.7 Å². The molecule has 0 spiro atoms. The number of benzene rings is 1. The van der Waals surface area contributed by atoms with Crippen LogP contribution in [0.5, 0.6) is 0 Å². The summed E-state index contributed by atoms with van der Waals surface area (Å²) in [4.78, 5) is 25.2. The van der Waals surface area contributed by atoms with Gasteiger partial charge in [0.15, 0.2) is 0 Å². The van der Waals surface area contributed by atoms with Gasteiger partial charge < -0.3 is 19.8 Å². The van der Waals surface area contributed by atoms with E-state index in [0.717, 1.165) is 0 Å². The molecule has 6 nitrogen and oxygen atoms in total. The topological polar surface area (TPSA) is 87.1 Å². The first kappa shape index (κ1) is 15.5. The zero-order valence-electron chi connectivity index (χ0n) is 11.9. The Hall–Kier alpha value is -1.92. The van der Waals surface area contributed by atoms with E-state index in [1.807, 2.05) is 0 Å². The number of hydrogen-bond donors (Lipinski definition) is 2. The summed E-state index contributed by atoms with van der Waals surface area (Å²) >= 11 is 0. The quantitative estimate of drug-likeness (QED) is 0.782. The molecule has 1 fully saturated rings. The Morgan fingerprint density at radius 1 is 1.29 bits per heavy atom. The number of amides is 1. The Kier molecular flexibility index (Phi) is 4.93. The number of methoxy groups -OCH3 is 1. The van der Waals surface area contributed by atoms with Gasteiger partial charge in [0, 0.05) is 31.2 Å². The summed E-state index contributed by atoms with van der Waals surface area (Å²) in [5.41, 5.74) is 0.838. The summed E-state index contributed by atoms with van der Waals surface area (Å²) in [5, 5.41) is 19.0. The van der Waals surface area contributed by atoms with Crippen LogP contribution >= 0.6 is 0 Å². The third-order valence-electron chi connectivity index (χ3n) is 3.80. The number of esters is 1. The van der Waals surface area contributed by atoms with Gasteiger partial charge in [-0.15, -0.1) is 0 Å². The van der Waals surface area contributed by atoms with E-state index in [2.05, 4.69) is 4.74 Å². The predicted octanol–water partition coefficient (Wildman–Crippen LogP) is 0.288. The Bertz CT molecular complexity index is 513. The lowest BCUT2D eigenvalue weighted by molar-refractivity contribution is 0.000876. The Morgan fingerprint density at radius 3 is 2.43 bits per heavy atom. The number of carbonyl (C=O) groups is 2. The van der Waals surface area contributed by atoms with Crippen LogP contribution in [0.3, 0.4) is 0 Å². The number of ether oxygens (including phenoxy) is 1. The van der Waals surface area contributed by atoms with Crippen molar-refractivity contribution < 1.29 is 24.5 Å². The number of piperidine rings is 1. The van der Waals surface area contributed by atoms with Crippen molar-refractivity contribution in [3.05, 3.63) is 35.4 Å². The average molecular weight is 293 g/mol. The number of nitrogens with zero attached hydrogens (tertiary/aromatic N) is 1. The van der Waals surface area contributed by atoms with E-state index in [1.54, 1.807) is 17.0 Å². The van der Waals surface area contributed by atoms with Crippen LogP contribution in [0.25, 0.3) is 0 Å². The summed E-state index contributed by atoms with van der Waals surface area (Å²) in [7, 11) is 1.30. The van der Waals surface area contributed by atoms with E-state index in [1.165, 1.54) is 19.2 Å². The highest BCUT2D eigenvalue weighted by Gasteiger charge is 2.30. The monoisotopic (exact) mass is 293 g/mol. The van der Waals surface area contributed by atoms with Crippen molar-refractivity contribution in [3.8, 4) is 0 Å². The minimum absolute atomic E-state index is 0.0724. The second-order valence-corrected chi connectivity index (χ2v) is 5.12. The predicted molar refractivity (Wildman–Crippen MR) is 74.9 cm³/mol. The minimum Gasteiger partial charge on any atom is -0.465 e. The van der Waals surface area contributed by atoms with Gasteiger partial charge in [-0.3, -0.25) is 4.79 Å². The van der Waals surface area contributed by atoms with Gasteiger partial charge in [-0.25, -0.2) is 4.79 Å². The van der Waals surface area contributed by atoms with Crippen molar-refractivity contribution in [3.63, 3.8) is 0 Å². The largest absolute Gasteiger partial charge is 0.465 e. The molecular weight excluding hydrogens is 274 g/mol. The summed E-state index contributed by atoms with van der Waals surface area (Å²) in [6.07, 6.45) is -0.133. The normalized spacial score (nSPS) is 22.0. The summed E-state index contributed by atoms with van der Waals surface area (Å²) in [6, 6.07) is 6.21. The summed E-state index contributed by atoms with van der Waals surface area (Å²) < 4.78 is 4.60. The van der Waals surface area contributed by atoms with E-state index >= 15 is 0 Å². The van der Waals surface area contributed by atoms with Crippen molar-refractivity contribution in [2.75, 3.05) is 26.8 Å². The van der Waals surface area contributed by atoms with Gasteiger partial charge in [0.1, 0.15) is 0 Å². The number of carbonyl (C=O) groups excluding carboxylic acids is 2. The molecule has 0 saturated carbocycles. The average Bonchev–Trinajstić information content (AvgIpc) is 2.53. The first-order valence-electron chi connectivity index (χ1n) is 6.83. The van der Waals surface area contributed by atoms with Crippen molar-refractivity contribution in [1.82, 2.24) is 4.90 Å². The van der Waals surface area contributed by atoms with Gasteiger partial charge in [-0.2, -0.15) is 0 Å². The molecule has 1 aliphatic rings. The highest BCUT2D eigenvalue weighted by atomic mass is 16.5. The lowest BCUT2D eigenvalue weighted by Gasteiger charge is -2.35. The maximum absolute atomic E-state index is 12.3. The molecule has 114 valence electrons. The number of likely N-dealkylation sites (tertiary alicyclic amines) is 1. The number of aliphatic hydroxyl groups excluding tert-OH is 2. The first-order valence-corrected chi connectivity index (χ1v) is 6.83. The molecule has 1 aromatic rings. The third-order valence-corrected chi connectivity index (χ3v) is 3.80. The second kappa shape index (κ2) is 6.69. The molecule has 0 bridgehead atoms. The smallest absolute Gasteiger partial charge is 0.337 e. The molecule has 2 N–H and O–H groups in total. The zero-order chi connectivity index (χ0) is 15.4. The van der Waals surface area contributed by atoms with Crippen molar-refractivity contribution in [2.24, 2.45) is 5.92 Å². The van der Waals surface area contributed by atoms with Gasteiger partial charge >= 0.3 is 5.97 Å². The standard InChI is InChI=1S/C15H19NO5/c1-21-15(20)11-4-2-10(3-5-11)14(19)16-7-6-12(9-17)13(18)8-16/h2-5,12-13,17-18H,6-9H2,1H3/t12-,13-/m1/s1. The molecule has 2 atom stereocenters. The van der Waals surface area contributed by atoms with Gasteiger partial charge in [0.2, 0.25) is 0 Å². The number of hydrogen-bond acceptors (Lipinski definition) is 5.